The van der Waals surface area contributed by atoms with Gasteiger partial charge in [0, 0.05) is 16.8 Å². The van der Waals surface area contributed by atoms with Crippen molar-refractivity contribution in [1.29, 1.82) is 0 Å². The molecule has 2 nitrogen and oxygen atoms in total. The van der Waals surface area contributed by atoms with E-state index in [1.54, 1.807) is 11.3 Å². The molecule has 0 amide bonds. The summed E-state index contributed by atoms with van der Waals surface area (Å²) in [5.74, 6) is 0. The fraction of sp³-hybridized carbons (Fsp3) is 0.0625. The molecular weight excluding hydrogens is 252 g/mol. The maximum absolute atomic E-state index is 5.73. The van der Waals surface area contributed by atoms with E-state index in [-0.39, 0.29) is 0 Å². The molecule has 0 spiro atoms. The molecule has 94 valence electrons. The van der Waals surface area contributed by atoms with Gasteiger partial charge in [-0.25, -0.2) is 0 Å². The third kappa shape index (κ3) is 2.37. The SMILES string of the molecule is Cc1cc(-c2ccccn2)sc1-c1ccc(N)cc1. The summed E-state index contributed by atoms with van der Waals surface area (Å²) in [5.41, 5.74) is 10.0. The first kappa shape index (κ1) is 11.9. The number of nitrogens with two attached hydrogens (primary N) is 1. The number of aryl methyl sites for hydroxylation is 1. The minimum atomic E-state index is 0.794. The molecule has 0 atom stereocenters. The molecule has 0 fully saturated rings. The molecule has 19 heavy (non-hydrogen) atoms. The second kappa shape index (κ2) is 4.86. The van der Waals surface area contributed by atoms with Gasteiger partial charge in [0.1, 0.15) is 0 Å². The summed E-state index contributed by atoms with van der Waals surface area (Å²) in [6.45, 7) is 2.13. The average molecular weight is 266 g/mol. The van der Waals surface area contributed by atoms with Gasteiger partial charge in [-0.2, -0.15) is 0 Å². The van der Waals surface area contributed by atoms with E-state index in [0.717, 1.165) is 11.4 Å². The van der Waals surface area contributed by atoms with Crippen LogP contribution in [0.15, 0.2) is 54.7 Å². The number of hydrogen-bond acceptors (Lipinski definition) is 3. The molecule has 0 aliphatic heterocycles. The molecule has 1 aromatic carbocycles. The number of hydrogen-bond donors (Lipinski definition) is 1. The zero-order valence-electron chi connectivity index (χ0n) is 10.6. The van der Waals surface area contributed by atoms with Crippen molar-refractivity contribution in [3.63, 3.8) is 0 Å². The Morgan fingerprint density at radius 2 is 1.84 bits per heavy atom. The zero-order chi connectivity index (χ0) is 13.2. The molecule has 0 saturated carbocycles. The molecule has 3 heteroatoms. The molecule has 2 aromatic heterocycles. The topological polar surface area (TPSA) is 38.9 Å². The fourth-order valence-electron chi connectivity index (χ4n) is 2.04. The van der Waals surface area contributed by atoms with Crippen LogP contribution in [0.1, 0.15) is 5.56 Å². The maximum Gasteiger partial charge on any atom is 0.0801 e. The normalized spacial score (nSPS) is 10.6. The molecule has 0 aliphatic carbocycles. The van der Waals surface area contributed by atoms with Gasteiger partial charge in [0.05, 0.1) is 10.6 Å². The van der Waals surface area contributed by atoms with Crippen LogP contribution < -0.4 is 5.73 Å². The first-order chi connectivity index (χ1) is 9.24. The molecule has 3 rings (SSSR count). The molecule has 3 aromatic rings. The van der Waals surface area contributed by atoms with Gasteiger partial charge < -0.3 is 5.73 Å². The predicted octanol–water partition coefficient (Wildman–Crippen LogP) is 4.37. The summed E-state index contributed by atoms with van der Waals surface area (Å²) in [5, 5.41) is 0. The molecule has 0 aliphatic rings. The van der Waals surface area contributed by atoms with E-state index < -0.39 is 0 Å². The van der Waals surface area contributed by atoms with E-state index in [1.165, 1.54) is 20.9 Å². The standard InChI is InChI=1S/C16H14N2S/c1-11-10-15(14-4-2-3-9-18-14)19-16(11)12-5-7-13(17)8-6-12/h2-10H,17H2,1H3. The molecule has 0 bridgehead atoms. The van der Waals surface area contributed by atoms with Crippen molar-refractivity contribution in [2.24, 2.45) is 0 Å². The van der Waals surface area contributed by atoms with Crippen LogP contribution in [-0.2, 0) is 0 Å². The lowest BCUT2D eigenvalue weighted by Crippen LogP contribution is -1.83. The Morgan fingerprint density at radius 3 is 2.53 bits per heavy atom. The Balaban J connectivity index is 2.05. The van der Waals surface area contributed by atoms with Gasteiger partial charge in [-0.05, 0) is 48.4 Å². The monoisotopic (exact) mass is 266 g/mol. The number of nitrogens with zero attached hydrogens (tertiary/aromatic N) is 1. The van der Waals surface area contributed by atoms with Crippen LogP contribution in [0.5, 0.6) is 0 Å². The molecule has 0 unspecified atom stereocenters. The van der Waals surface area contributed by atoms with Crippen LogP contribution in [-0.4, -0.2) is 4.98 Å². The Hall–Kier alpha value is -2.13. The van der Waals surface area contributed by atoms with Gasteiger partial charge in [-0.15, -0.1) is 11.3 Å². The molecular formula is C16H14N2S. The smallest absolute Gasteiger partial charge is 0.0801 e. The van der Waals surface area contributed by atoms with Gasteiger partial charge in [0.15, 0.2) is 0 Å². The number of nitrogen functional groups attached to an aromatic ring is 1. The molecule has 0 radical (unpaired) electrons. The van der Waals surface area contributed by atoms with Crippen molar-refractivity contribution >= 4 is 17.0 Å². The van der Waals surface area contributed by atoms with Crippen molar-refractivity contribution in [2.75, 3.05) is 5.73 Å². The fourth-order valence-corrected chi connectivity index (χ4v) is 3.19. The lowest BCUT2D eigenvalue weighted by Gasteiger charge is -2.00. The Bertz CT molecular complexity index is 685. The average Bonchev–Trinajstić information content (AvgIpc) is 2.83. The van der Waals surface area contributed by atoms with Gasteiger partial charge in [0.25, 0.3) is 0 Å². The van der Waals surface area contributed by atoms with Crippen LogP contribution in [0.4, 0.5) is 5.69 Å². The van der Waals surface area contributed by atoms with E-state index in [0.29, 0.717) is 0 Å². The van der Waals surface area contributed by atoms with Gasteiger partial charge in [-0.3, -0.25) is 4.98 Å². The largest absolute Gasteiger partial charge is 0.399 e. The van der Waals surface area contributed by atoms with Crippen molar-refractivity contribution in [2.45, 2.75) is 6.92 Å². The van der Waals surface area contributed by atoms with E-state index >= 15 is 0 Å². The van der Waals surface area contributed by atoms with Gasteiger partial charge in [0.2, 0.25) is 0 Å². The first-order valence-corrected chi connectivity index (χ1v) is 6.93. The highest BCUT2D eigenvalue weighted by Crippen LogP contribution is 2.37. The van der Waals surface area contributed by atoms with Gasteiger partial charge in [-0.1, -0.05) is 18.2 Å². The number of pyridine rings is 1. The third-order valence-corrected chi connectivity index (χ3v) is 4.32. The van der Waals surface area contributed by atoms with E-state index in [4.69, 9.17) is 5.73 Å². The first-order valence-electron chi connectivity index (χ1n) is 6.12. The van der Waals surface area contributed by atoms with E-state index in [1.807, 2.05) is 36.5 Å². The summed E-state index contributed by atoms with van der Waals surface area (Å²) in [6, 6.07) is 16.2. The lowest BCUT2D eigenvalue weighted by atomic mass is 10.1. The van der Waals surface area contributed by atoms with Gasteiger partial charge >= 0.3 is 0 Å². The number of rotatable bonds is 2. The van der Waals surface area contributed by atoms with E-state index in [2.05, 4.69) is 30.1 Å². The third-order valence-electron chi connectivity index (χ3n) is 3.01. The summed E-state index contributed by atoms with van der Waals surface area (Å²) in [7, 11) is 0. The molecule has 0 saturated heterocycles. The summed E-state index contributed by atoms with van der Waals surface area (Å²) >= 11 is 1.77. The molecule has 2 N–H and O–H groups in total. The highest BCUT2D eigenvalue weighted by molar-refractivity contribution is 7.19. The Kier molecular flexibility index (Phi) is 3.05. The number of thiophene rings is 1. The predicted molar refractivity (Wildman–Crippen MR) is 82.1 cm³/mol. The van der Waals surface area contributed by atoms with Crippen molar-refractivity contribution in [3.8, 4) is 21.0 Å². The number of benzene rings is 1. The van der Waals surface area contributed by atoms with E-state index in [9.17, 15) is 0 Å². The Morgan fingerprint density at radius 1 is 1.05 bits per heavy atom. The highest BCUT2D eigenvalue weighted by Gasteiger charge is 2.09. The van der Waals surface area contributed by atoms with Crippen molar-refractivity contribution in [3.05, 3.63) is 60.3 Å². The van der Waals surface area contributed by atoms with Crippen LogP contribution in [0, 0.1) is 6.92 Å². The zero-order valence-corrected chi connectivity index (χ0v) is 11.4. The Labute approximate surface area is 116 Å². The summed E-state index contributed by atoms with van der Waals surface area (Å²) in [6.07, 6.45) is 1.83. The van der Waals surface area contributed by atoms with Crippen LogP contribution >= 0.6 is 11.3 Å². The highest BCUT2D eigenvalue weighted by atomic mass is 32.1. The minimum Gasteiger partial charge on any atom is -0.399 e. The second-order valence-electron chi connectivity index (χ2n) is 4.46. The maximum atomic E-state index is 5.73. The number of aromatic nitrogens is 1. The van der Waals surface area contributed by atoms with Crippen molar-refractivity contribution in [1.82, 2.24) is 4.98 Å². The summed E-state index contributed by atoms with van der Waals surface area (Å²) in [4.78, 5) is 6.88. The van der Waals surface area contributed by atoms with Crippen LogP contribution in [0.25, 0.3) is 21.0 Å². The van der Waals surface area contributed by atoms with Crippen molar-refractivity contribution < 1.29 is 0 Å². The minimum absolute atomic E-state index is 0.794. The second-order valence-corrected chi connectivity index (χ2v) is 5.51. The number of anilines is 1. The van der Waals surface area contributed by atoms with Crippen LogP contribution in [0.2, 0.25) is 0 Å². The molecule has 2 heterocycles. The van der Waals surface area contributed by atoms with Crippen LogP contribution in [0.3, 0.4) is 0 Å². The lowest BCUT2D eigenvalue weighted by molar-refractivity contribution is 1.34. The quantitative estimate of drug-likeness (QED) is 0.700. The summed E-state index contributed by atoms with van der Waals surface area (Å²) < 4.78 is 0.